The molecule has 0 spiro atoms. The number of aromatic nitrogens is 2. The molecular formula is C13H9ClF3N3O2. The van der Waals surface area contributed by atoms with Crippen LogP contribution in [0, 0.1) is 0 Å². The Labute approximate surface area is 128 Å². The molecule has 0 radical (unpaired) electrons. The van der Waals surface area contributed by atoms with E-state index in [0.29, 0.717) is 0 Å². The second-order valence-corrected chi connectivity index (χ2v) is 4.51. The van der Waals surface area contributed by atoms with Gasteiger partial charge in [0.25, 0.3) is 5.91 Å². The Bertz CT molecular complexity index is 690. The van der Waals surface area contributed by atoms with E-state index in [4.69, 9.17) is 16.3 Å². The number of carbonyl (C=O) groups is 1. The summed E-state index contributed by atoms with van der Waals surface area (Å²) in [6, 6.07) is 5.35. The minimum Gasteiger partial charge on any atom is -0.480 e. The molecule has 2 rings (SSSR count). The van der Waals surface area contributed by atoms with E-state index in [0.717, 1.165) is 18.2 Å². The first kappa shape index (κ1) is 16.0. The first-order chi connectivity index (χ1) is 10.3. The van der Waals surface area contributed by atoms with Gasteiger partial charge in [0.15, 0.2) is 5.69 Å². The summed E-state index contributed by atoms with van der Waals surface area (Å²) in [4.78, 5) is 11.9. The van der Waals surface area contributed by atoms with E-state index in [9.17, 15) is 18.0 Å². The largest absolute Gasteiger partial charge is 0.480 e. The van der Waals surface area contributed by atoms with Crippen molar-refractivity contribution in [3.63, 3.8) is 0 Å². The molecule has 0 saturated carbocycles. The molecule has 1 heterocycles. The molecule has 0 aliphatic carbocycles. The molecule has 0 aliphatic rings. The SMILES string of the molecule is COc1ccc(C(=O)Nc2cc(C(F)(F)F)ccc2Cl)nn1. The lowest BCUT2D eigenvalue weighted by Crippen LogP contribution is -2.15. The molecule has 0 unspecified atom stereocenters. The standard InChI is InChI=1S/C13H9ClF3N3O2/c1-22-11-5-4-9(19-20-11)12(21)18-10-6-7(13(15,16)17)2-3-8(10)14/h2-6H,1H3,(H,18,21). The van der Waals surface area contributed by atoms with E-state index in [-0.39, 0.29) is 22.3 Å². The highest BCUT2D eigenvalue weighted by Gasteiger charge is 2.31. The van der Waals surface area contributed by atoms with E-state index in [1.807, 2.05) is 0 Å². The quantitative estimate of drug-likeness (QED) is 0.936. The summed E-state index contributed by atoms with van der Waals surface area (Å²) in [5.74, 6) is -0.537. The van der Waals surface area contributed by atoms with Crippen molar-refractivity contribution >= 4 is 23.2 Å². The summed E-state index contributed by atoms with van der Waals surface area (Å²) in [5.41, 5.74) is -1.18. The molecular weight excluding hydrogens is 323 g/mol. The summed E-state index contributed by atoms with van der Waals surface area (Å²) >= 11 is 5.79. The number of hydrogen-bond acceptors (Lipinski definition) is 4. The van der Waals surface area contributed by atoms with Crippen LogP contribution in [0.4, 0.5) is 18.9 Å². The van der Waals surface area contributed by atoms with Crippen LogP contribution >= 0.6 is 11.6 Å². The zero-order valence-corrected chi connectivity index (χ0v) is 11.9. The number of ether oxygens (including phenoxy) is 1. The summed E-state index contributed by atoms with van der Waals surface area (Å²) < 4.78 is 42.7. The van der Waals surface area contributed by atoms with Crippen molar-refractivity contribution in [2.24, 2.45) is 0 Å². The van der Waals surface area contributed by atoms with Gasteiger partial charge in [0.05, 0.1) is 23.4 Å². The van der Waals surface area contributed by atoms with Crippen molar-refractivity contribution in [1.29, 1.82) is 0 Å². The van der Waals surface area contributed by atoms with Crippen LogP contribution < -0.4 is 10.1 Å². The summed E-state index contributed by atoms with van der Waals surface area (Å²) in [6.07, 6.45) is -4.54. The number of nitrogens with one attached hydrogen (secondary N) is 1. The molecule has 1 amide bonds. The van der Waals surface area contributed by atoms with Crippen molar-refractivity contribution in [1.82, 2.24) is 10.2 Å². The Morgan fingerprint density at radius 3 is 2.50 bits per heavy atom. The topological polar surface area (TPSA) is 64.1 Å². The fourth-order valence-corrected chi connectivity index (χ4v) is 1.70. The molecule has 2 aromatic rings. The first-order valence-corrected chi connectivity index (χ1v) is 6.25. The fourth-order valence-electron chi connectivity index (χ4n) is 1.53. The van der Waals surface area contributed by atoms with Crippen molar-refractivity contribution in [2.45, 2.75) is 6.18 Å². The fraction of sp³-hybridized carbons (Fsp3) is 0.154. The highest BCUT2D eigenvalue weighted by Crippen LogP contribution is 2.33. The highest BCUT2D eigenvalue weighted by molar-refractivity contribution is 6.33. The second-order valence-electron chi connectivity index (χ2n) is 4.11. The minimum atomic E-state index is -4.54. The molecule has 0 aliphatic heterocycles. The van der Waals surface area contributed by atoms with Gasteiger partial charge in [-0.15, -0.1) is 10.2 Å². The Hall–Kier alpha value is -2.35. The van der Waals surface area contributed by atoms with Gasteiger partial charge in [0.1, 0.15) is 0 Å². The third-order valence-electron chi connectivity index (χ3n) is 2.62. The van der Waals surface area contributed by atoms with Crippen molar-refractivity contribution < 1.29 is 22.7 Å². The molecule has 0 atom stereocenters. The van der Waals surface area contributed by atoms with Gasteiger partial charge in [0.2, 0.25) is 5.88 Å². The van der Waals surface area contributed by atoms with Crippen molar-refractivity contribution in [2.75, 3.05) is 12.4 Å². The maximum absolute atomic E-state index is 12.7. The van der Waals surface area contributed by atoms with E-state index in [1.165, 1.54) is 19.2 Å². The summed E-state index contributed by atoms with van der Waals surface area (Å²) in [6.45, 7) is 0. The van der Waals surface area contributed by atoms with Crippen molar-refractivity contribution in [3.05, 3.63) is 46.6 Å². The lowest BCUT2D eigenvalue weighted by molar-refractivity contribution is -0.137. The van der Waals surface area contributed by atoms with Crippen LogP contribution in [-0.2, 0) is 6.18 Å². The number of anilines is 1. The molecule has 5 nitrogen and oxygen atoms in total. The molecule has 0 saturated heterocycles. The third kappa shape index (κ3) is 3.64. The molecule has 1 aromatic carbocycles. The monoisotopic (exact) mass is 331 g/mol. The predicted octanol–water partition coefficient (Wildman–Crippen LogP) is 3.41. The normalized spacial score (nSPS) is 11.1. The molecule has 116 valence electrons. The number of methoxy groups -OCH3 is 1. The molecule has 9 heteroatoms. The zero-order chi connectivity index (χ0) is 16.3. The zero-order valence-electron chi connectivity index (χ0n) is 11.1. The van der Waals surface area contributed by atoms with E-state index >= 15 is 0 Å². The maximum Gasteiger partial charge on any atom is 0.416 e. The number of alkyl halides is 3. The Balaban J connectivity index is 2.23. The lowest BCUT2D eigenvalue weighted by atomic mass is 10.2. The Kier molecular flexibility index (Phi) is 4.51. The Morgan fingerprint density at radius 1 is 1.23 bits per heavy atom. The molecule has 0 bridgehead atoms. The molecule has 22 heavy (non-hydrogen) atoms. The van der Waals surface area contributed by atoms with E-state index < -0.39 is 17.6 Å². The van der Waals surface area contributed by atoms with Gasteiger partial charge in [0, 0.05) is 6.07 Å². The number of nitrogens with zero attached hydrogens (tertiary/aromatic N) is 2. The van der Waals surface area contributed by atoms with Gasteiger partial charge in [-0.3, -0.25) is 4.79 Å². The van der Waals surface area contributed by atoms with Gasteiger partial charge >= 0.3 is 6.18 Å². The van der Waals surface area contributed by atoms with Crippen molar-refractivity contribution in [3.8, 4) is 5.88 Å². The van der Waals surface area contributed by atoms with Crippen LogP contribution in [-0.4, -0.2) is 23.2 Å². The van der Waals surface area contributed by atoms with Crippen LogP contribution in [0.1, 0.15) is 16.1 Å². The highest BCUT2D eigenvalue weighted by atomic mass is 35.5. The van der Waals surface area contributed by atoms with Gasteiger partial charge < -0.3 is 10.1 Å². The molecule has 0 fully saturated rings. The molecule has 1 N–H and O–H groups in total. The van der Waals surface area contributed by atoms with Gasteiger partial charge in [-0.2, -0.15) is 13.2 Å². The average molecular weight is 332 g/mol. The van der Waals surface area contributed by atoms with Gasteiger partial charge in [-0.1, -0.05) is 11.6 Å². The second kappa shape index (κ2) is 6.18. The number of benzene rings is 1. The number of rotatable bonds is 3. The third-order valence-corrected chi connectivity index (χ3v) is 2.95. The number of hydrogen-bond donors (Lipinski definition) is 1. The number of halogens is 4. The van der Waals surface area contributed by atoms with Crippen LogP contribution in [0.2, 0.25) is 5.02 Å². The first-order valence-electron chi connectivity index (χ1n) is 5.87. The van der Waals surface area contributed by atoms with Gasteiger partial charge in [-0.25, -0.2) is 0 Å². The van der Waals surface area contributed by atoms with E-state index in [1.54, 1.807) is 0 Å². The van der Waals surface area contributed by atoms with Crippen LogP contribution in [0.15, 0.2) is 30.3 Å². The maximum atomic E-state index is 12.7. The predicted molar refractivity (Wildman–Crippen MR) is 73.0 cm³/mol. The van der Waals surface area contributed by atoms with Crippen LogP contribution in [0.5, 0.6) is 5.88 Å². The average Bonchev–Trinajstić information content (AvgIpc) is 2.48. The molecule has 1 aromatic heterocycles. The smallest absolute Gasteiger partial charge is 0.416 e. The van der Waals surface area contributed by atoms with Gasteiger partial charge in [-0.05, 0) is 24.3 Å². The number of amides is 1. The summed E-state index contributed by atoms with van der Waals surface area (Å²) in [5, 5.41) is 9.42. The Morgan fingerprint density at radius 2 is 1.95 bits per heavy atom. The number of carbonyl (C=O) groups excluding carboxylic acids is 1. The van der Waals surface area contributed by atoms with Crippen LogP contribution in [0.3, 0.4) is 0 Å². The lowest BCUT2D eigenvalue weighted by Gasteiger charge is -2.11. The van der Waals surface area contributed by atoms with E-state index in [2.05, 4.69) is 15.5 Å². The van der Waals surface area contributed by atoms with Crippen LogP contribution in [0.25, 0.3) is 0 Å². The summed E-state index contributed by atoms with van der Waals surface area (Å²) in [7, 11) is 1.38. The minimum absolute atomic E-state index is 0.0252.